The van der Waals surface area contributed by atoms with E-state index in [0.717, 1.165) is 6.04 Å². The van der Waals surface area contributed by atoms with Crippen LogP contribution in [0, 0.1) is 0 Å². The first kappa shape index (κ1) is 8.74. The van der Waals surface area contributed by atoms with Crippen LogP contribution in [-0.2, 0) is 0 Å². The van der Waals surface area contributed by atoms with Gasteiger partial charge in [-0.1, -0.05) is 22.6 Å². The number of hydrogen-bond donors (Lipinski definition) is 1. The Balaban J connectivity index is 2.32. The molecule has 2 nitrogen and oxygen atoms in total. The summed E-state index contributed by atoms with van der Waals surface area (Å²) in [5.41, 5.74) is 0. The molecule has 1 heterocycles. The summed E-state index contributed by atoms with van der Waals surface area (Å²) in [5.74, 6) is 0. The zero-order valence-corrected chi connectivity index (χ0v) is 8.76. The Labute approximate surface area is 76.5 Å². The smallest absolute Gasteiger partial charge is 0.0769 e. The highest BCUT2D eigenvalue weighted by Gasteiger charge is 2.22. The van der Waals surface area contributed by atoms with Crippen LogP contribution in [0.5, 0.6) is 0 Å². The molecule has 0 aromatic rings. The molecule has 0 amide bonds. The fraction of sp³-hybridized carbons (Fsp3) is 1.00. The second-order valence-electron chi connectivity index (χ2n) is 3.04. The highest BCUT2D eigenvalue weighted by Crippen LogP contribution is 2.17. The largest absolute Gasteiger partial charge is 0.312 e. The summed E-state index contributed by atoms with van der Waals surface area (Å²) in [6.45, 7) is 1.21. The number of nitrogens with one attached hydrogen (secondary N) is 1. The number of nitrogens with zero attached hydrogens (tertiary/aromatic N) is 1. The Morgan fingerprint density at radius 2 is 2.30 bits per heavy atom. The van der Waals surface area contributed by atoms with Crippen molar-refractivity contribution in [2.24, 2.45) is 0 Å². The normalized spacial score (nSPS) is 29.4. The number of rotatable bonds is 2. The molecular formula is C7H15IN2. The Kier molecular flexibility index (Phi) is 3.39. The third kappa shape index (κ3) is 2.07. The van der Waals surface area contributed by atoms with Crippen molar-refractivity contribution in [1.29, 1.82) is 0 Å². The molecule has 0 bridgehead atoms. The van der Waals surface area contributed by atoms with Gasteiger partial charge in [0.25, 0.3) is 0 Å². The van der Waals surface area contributed by atoms with Crippen molar-refractivity contribution in [2.75, 3.05) is 20.6 Å². The molecule has 0 aliphatic carbocycles. The lowest BCUT2D eigenvalue weighted by Gasteiger charge is -2.24. The van der Waals surface area contributed by atoms with E-state index in [9.17, 15) is 0 Å². The number of likely N-dealkylation sites (N-methyl/N-ethyl adjacent to an activating group) is 1. The van der Waals surface area contributed by atoms with Crippen molar-refractivity contribution in [2.45, 2.75) is 22.9 Å². The van der Waals surface area contributed by atoms with Crippen LogP contribution in [0.1, 0.15) is 12.8 Å². The van der Waals surface area contributed by atoms with Crippen molar-refractivity contribution in [3.63, 3.8) is 0 Å². The second kappa shape index (κ2) is 3.88. The highest BCUT2D eigenvalue weighted by molar-refractivity contribution is 14.1. The predicted molar refractivity (Wildman–Crippen MR) is 52.5 cm³/mol. The standard InChI is InChI=1S/C7H15IN2/c1-10(2)7(8)6-4-3-5-9-6/h6-7,9H,3-5H2,1-2H3. The van der Waals surface area contributed by atoms with Crippen LogP contribution in [0.25, 0.3) is 0 Å². The van der Waals surface area contributed by atoms with Crippen LogP contribution in [0.15, 0.2) is 0 Å². The first-order valence-electron chi connectivity index (χ1n) is 3.75. The molecule has 10 heavy (non-hydrogen) atoms. The molecule has 0 aromatic heterocycles. The van der Waals surface area contributed by atoms with E-state index in [2.05, 4.69) is 46.9 Å². The SMILES string of the molecule is CN(C)C(I)C1CCCN1. The molecular weight excluding hydrogens is 239 g/mol. The highest BCUT2D eigenvalue weighted by atomic mass is 127. The Morgan fingerprint density at radius 1 is 1.60 bits per heavy atom. The van der Waals surface area contributed by atoms with Gasteiger partial charge in [0.15, 0.2) is 0 Å². The molecule has 0 spiro atoms. The van der Waals surface area contributed by atoms with Gasteiger partial charge in [-0.2, -0.15) is 0 Å². The lowest BCUT2D eigenvalue weighted by Crippen LogP contribution is -2.39. The molecule has 2 atom stereocenters. The molecule has 2 unspecified atom stereocenters. The third-order valence-electron chi connectivity index (χ3n) is 1.92. The maximum atomic E-state index is 3.49. The van der Waals surface area contributed by atoms with Crippen LogP contribution < -0.4 is 5.32 Å². The molecule has 0 saturated carbocycles. The molecule has 1 aliphatic rings. The van der Waals surface area contributed by atoms with Gasteiger partial charge >= 0.3 is 0 Å². The molecule has 1 N–H and O–H groups in total. The summed E-state index contributed by atoms with van der Waals surface area (Å²) in [7, 11) is 4.27. The van der Waals surface area contributed by atoms with E-state index in [0.29, 0.717) is 4.05 Å². The predicted octanol–water partition coefficient (Wildman–Crippen LogP) is 1.06. The van der Waals surface area contributed by atoms with E-state index in [4.69, 9.17) is 0 Å². The Morgan fingerprint density at radius 3 is 2.70 bits per heavy atom. The second-order valence-corrected chi connectivity index (χ2v) is 4.32. The summed E-state index contributed by atoms with van der Waals surface area (Å²) in [6.07, 6.45) is 2.68. The molecule has 0 aromatic carbocycles. The summed E-state index contributed by atoms with van der Waals surface area (Å²) in [5, 5.41) is 3.49. The maximum absolute atomic E-state index is 3.49. The summed E-state index contributed by atoms with van der Waals surface area (Å²) < 4.78 is 0.653. The summed E-state index contributed by atoms with van der Waals surface area (Å²) in [4.78, 5) is 2.27. The van der Waals surface area contributed by atoms with Gasteiger partial charge in [-0.05, 0) is 33.5 Å². The Bertz CT molecular complexity index is 99.8. The molecule has 1 saturated heterocycles. The zero-order chi connectivity index (χ0) is 7.56. The van der Waals surface area contributed by atoms with E-state index in [1.807, 2.05) is 0 Å². The Hall–Kier alpha value is 0.650. The van der Waals surface area contributed by atoms with Gasteiger partial charge in [0.05, 0.1) is 4.05 Å². The molecule has 1 fully saturated rings. The van der Waals surface area contributed by atoms with Crippen molar-refractivity contribution in [3.8, 4) is 0 Å². The van der Waals surface area contributed by atoms with Crippen molar-refractivity contribution in [3.05, 3.63) is 0 Å². The monoisotopic (exact) mass is 254 g/mol. The van der Waals surface area contributed by atoms with Crippen LogP contribution in [0.3, 0.4) is 0 Å². The number of halogens is 1. The minimum atomic E-state index is 0.653. The molecule has 0 radical (unpaired) electrons. The van der Waals surface area contributed by atoms with E-state index < -0.39 is 0 Å². The summed E-state index contributed by atoms with van der Waals surface area (Å²) in [6, 6.07) is 0.718. The van der Waals surface area contributed by atoms with Crippen molar-refractivity contribution in [1.82, 2.24) is 10.2 Å². The van der Waals surface area contributed by atoms with Crippen LogP contribution in [0.2, 0.25) is 0 Å². The van der Waals surface area contributed by atoms with Gasteiger partial charge < -0.3 is 5.32 Å². The average Bonchev–Trinajstić information content (AvgIpc) is 2.36. The quantitative estimate of drug-likeness (QED) is 0.450. The number of hydrogen-bond acceptors (Lipinski definition) is 2. The van der Waals surface area contributed by atoms with Gasteiger partial charge in [-0.15, -0.1) is 0 Å². The molecule has 1 aliphatic heterocycles. The summed E-state index contributed by atoms with van der Waals surface area (Å²) >= 11 is 2.50. The van der Waals surface area contributed by atoms with E-state index >= 15 is 0 Å². The van der Waals surface area contributed by atoms with Crippen LogP contribution in [-0.4, -0.2) is 35.6 Å². The number of alkyl halides is 1. The fourth-order valence-electron chi connectivity index (χ4n) is 1.31. The van der Waals surface area contributed by atoms with Gasteiger partial charge in [-0.3, -0.25) is 4.90 Å². The lowest BCUT2D eigenvalue weighted by atomic mass is 10.2. The van der Waals surface area contributed by atoms with Gasteiger partial charge in [0.1, 0.15) is 0 Å². The van der Waals surface area contributed by atoms with E-state index in [1.165, 1.54) is 19.4 Å². The molecule has 60 valence electrons. The van der Waals surface area contributed by atoms with Crippen LogP contribution >= 0.6 is 22.6 Å². The first-order chi connectivity index (χ1) is 4.72. The van der Waals surface area contributed by atoms with Crippen LogP contribution in [0.4, 0.5) is 0 Å². The minimum Gasteiger partial charge on any atom is -0.312 e. The first-order valence-corrected chi connectivity index (χ1v) is 5.00. The maximum Gasteiger partial charge on any atom is 0.0769 e. The molecule has 1 rings (SSSR count). The van der Waals surface area contributed by atoms with Gasteiger partial charge in [0.2, 0.25) is 0 Å². The van der Waals surface area contributed by atoms with Crippen molar-refractivity contribution < 1.29 is 0 Å². The van der Waals surface area contributed by atoms with Gasteiger partial charge in [-0.25, -0.2) is 0 Å². The van der Waals surface area contributed by atoms with E-state index in [1.54, 1.807) is 0 Å². The molecule has 3 heteroatoms. The topological polar surface area (TPSA) is 15.3 Å². The zero-order valence-electron chi connectivity index (χ0n) is 6.60. The van der Waals surface area contributed by atoms with E-state index in [-0.39, 0.29) is 0 Å². The third-order valence-corrected chi connectivity index (χ3v) is 3.91. The lowest BCUT2D eigenvalue weighted by molar-refractivity contribution is 0.339. The average molecular weight is 254 g/mol. The van der Waals surface area contributed by atoms with Crippen molar-refractivity contribution >= 4 is 22.6 Å². The van der Waals surface area contributed by atoms with Gasteiger partial charge in [0, 0.05) is 6.04 Å². The minimum absolute atomic E-state index is 0.653. The fourth-order valence-corrected chi connectivity index (χ4v) is 1.92.